The first-order chi connectivity index (χ1) is 12.4. The van der Waals surface area contributed by atoms with Crippen LogP contribution < -0.4 is 0 Å². The first-order valence-corrected chi connectivity index (χ1v) is 11.2. The molecule has 0 atom stereocenters. The van der Waals surface area contributed by atoms with Gasteiger partial charge in [-0.2, -0.15) is 0 Å². The summed E-state index contributed by atoms with van der Waals surface area (Å²) in [5.41, 5.74) is 1.12. The number of nitrogens with zero attached hydrogens (tertiary/aromatic N) is 1. The molecule has 1 aliphatic rings. The molecule has 1 aromatic heterocycles. The van der Waals surface area contributed by atoms with Crippen LogP contribution in [0, 0.1) is 0 Å². The van der Waals surface area contributed by atoms with Crippen LogP contribution in [0.4, 0.5) is 0 Å². The molecule has 0 N–H and O–H groups in total. The highest BCUT2D eigenvalue weighted by Crippen LogP contribution is 2.22. The van der Waals surface area contributed by atoms with E-state index in [0.717, 1.165) is 10.0 Å². The van der Waals surface area contributed by atoms with Gasteiger partial charge in [-0.25, -0.2) is 8.42 Å². The van der Waals surface area contributed by atoms with Crippen LogP contribution in [0.25, 0.3) is 0 Å². The number of sulfone groups is 1. The molecule has 5 nitrogen and oxygen atoms in total. The zero-order chi connectivity index (χ0) is 18.6. The SMILES string of the molecule is O=C(CCc1ccc(Br)cc1)N1CCC(S(=O)(=O)Cc2ccco2)CC1. The second-order valence-corrected chi connectivity index (χ2v) is 9.79. The smallest absolute Gasteiger partial charge is 0.222 e. The van der Waals surface area contributed by atoms with Crippen LogP contribution in [-0.2, 0) is 26.8 Å². The van der Waals surface area contributed by atoms with Gasteiger partial charge >= 0.3 is 0 Å². The Morgan fingerprint density at radius 2 is 1.85 bits per heavy atom. The van der Waals surface area contributed by atoms with Gasteiger partial charge in [-0.3, -0.25) is 4.79 Å². The van der Waals surface area contributed by atoms with E-state index in [2.05, 4.69) is 15.9 Å². The van der Waals surface area contributed by atoms with Gasteiger partial charge in [-0.1, -0.05) is 28.1 Å². The maximum absolute atomic E-state index is 12.5. The summed E-state index contributed by atoms with van der Waals surface area (Å²) >= 11 is 3.40. The number of benzene rings is 1. The molecule has 0 bridgehead atoms. The van der Waals surface area contributed by atoms with E-state index in [4.69, 9.17) is 4.42 Å². The lowest BCUT2D eigenvalue weighted by atomic mass is 10.1. The predicted octanol–water partition coefficient (Wildman–Crippen LogP) is 3.58. The van der Waals surface area contributed by atoms with E-state index >= 15 is 0 Å². The van der Waals surface area contributed by atoms with Crippen LogP contribution in [0.1, 0.15) is 30.6 Å². The van der Waals surface area contributed by atoms with Crippen molar-refractivity contribution in [3.05, 3.63) is 58.5 Å². The van der Waals surface area contributed by atoms with Gasteiger partial charge in [0.05, 0.1) is 11.5 Å². The number of rotatable bonds is 6. The fraction of sp³-hybridized carbons (Fsp3) is 0.421. The topological polar surface area (TPSA) is 67.6 Å². The Balaban J connectivity index is 1.48. The number of aryl methyl sites for hydroxylation is 1. The molecule has 2 aromatic rings. The quantitative estimate of drug-likeness (QED) is 0.689. The summed E-state index contributed by atoms with van der Waals surface area (Å²) in [5, 5.41) is -0.400. The molecule has 1 fully saturated rings. The lowest BCUT2D eigenvalue weighted by molar-refractivity contribution is -0.132. The summed E-state index contributed by atoms with van der Waals surface area (Å²) < 4.78 is 31.2. The van der Waals surface area contributed by atoms with Crippen molar-refractivity contribution in [1.29, 1.82) is 0 Å². The van der Waals surface area contributed by atoms with Crippen molar-refractivity contribution >= 4 is 31.7 Å². The first kappa shape index (κ1) is 19.2. The lowest BCUT2D eigenvalue weighted by Crippen LogP contribution is -2.42. The number of halogens is 1. The summed E-state index contributed by atoms with van der Waals surface area (Å²) in [4.78, 5) is 14.2. The van der Waals surface area contributed by atoms with Gasteiger partial charge < -0.3 is 9.32 Å². The highest BCUT2D eigenvalue weighted by molar-refractivity contribution is 9.10. The number of carbonyl (C=O) groups excluding carboxylic acids is 1. The highest BCUT2D eigenvalue weighted by Gasteiger charge is 2.32. The Labute approximate surface area is 162 Å². The molecular formula is C19H22BrNO4S. The maximum Gasteiger partial charge on any atom is 0.222 e. The maximum atomic E-state index is 12.5. The van der Waals surface area contributed by atoms with E-state index in [1.165, 1.54) is 6.26 Å². The van der Waals surface area contributed by atoms with E-state index < -0.39 is 15.1 Å². The van der Waals surface area contributed by atoms with Crippen LogP contribution >= 0.6 is 15.9 Å². The Kier molecular flexibility index (Phi) is 6.19. The molecular weight excluding hydrogens is 418 g/mol. The van der Waals surface area contributed by atoms with Crippen molar-refractivity contribution in [2.24, 2.45) is 0 Å². The third kappa shape index (κ3) is 4.98. The zero-order valence-electron chi connectivity index (χ0n) is 14.4. The van der Waals surface area contributed by atoms with Crippen molar-refractivity contribution in [3.63, 3.8) is 0 Å². The average molecular weight is 440 g/mol. The molecule has 0 unspecified atom stereocenters. The molecule has 1 saturated heterocycles. The fourth-order valence-corrected chi connectivity index (χ4v) is 5.23. The molecule has 0 radical (unpaired) electrons. The Hall–Kier alpha value is -1.60. The van der Waals surface area contributed by atoms with Crippen molar-refractivity contribution < 1.29 is 17.6 Å². The Morgan fingerprint density at radius 1 is 1.15 bits per heavy atom. The zero-order valence-corrected chi connectivity index (χ0v) is 16.8. The molecule has 3 rings (SSSR count). The standard InChI is InChI=1S/C19H22BrNO4S/c20-16-6-3-15(4-7-16)5-8-19(22)21-11-9-18(10-12-21)26(23,24)14-17-2-1-13-25-17/h1-4,6-7,13,18H,5,8-12,14H2. The molecule has 140 valence electrons. The minimum Gasteiger partial charge on any atom is -0.468 e. The van der Waals surface area contributed by atoms with Crippen LogP contribution in [-0.4, -0.2) is 37.6 Å². The molecule has 26 heavy (non-hydrogen) atoms. The molecule has 1 amide bonds. The summed E-state index contributed by atoms with van der Waals surface area (Å²) in [6.07, 6.45) is 3.62. The van der Waals surface area contributed by atoms with Crippen LogP contribution in [0.3, 0.4) is 0 Å². The average Bonchev–Trinajstić information content (AvgIpc) is 3.13. The van der Waals surface area contributed by atoms with E-state index in [0.29, 0.717) is 44.5 Å². The monoisotopic (exact) mass is 439 g/mol. The van der Waals surface area contributed by atoms with Gasteiger partial charge in [0.2, 0.25) is 5.91 Å². The van der Waals surface area contributed by atoms with Crippen molar-refractivity contribution in [2.45, 2.75) is 36.7 Å². The predicted molar refractivity (Wildman–Crippen MR) is 103 cm³/mol. The second kappa shape index (κ2) is 8.39. The number of carbonyl (C=O) groups is 1. The van der Waals surface area contributed by atoms with Crippen LogP contribution in [0.2, 0.25) is 0 Å². The van der Waals surface area contributed by atoms with Crippen molar-refractivity contribution in [1.82, 2.24) is 4.90 Å². The van der Waals surface area contributed by atoms with Crippen LogP contribution in [0.5, 0.6) is 0 Å². The Bertz CT molecular complexity index is 823. The van der Waals surface area contributed by atoms with Gasteiger partial charge in [-0.05, 0) is 49.1 Å². The third-order valence-corrected chi connectivity index (χ3v) is 7.47. The molecule has 0 saturated carbocycles. The highest BCUT2D eigenvalue weighted by atomic mass is 79.9. The number of hydrogen-bond donors (Lipinski definition) is 0. The molecule has 1 aromatic carbocycles. The summed E-state index contributed by atoms with van der Waals surface area (Å²) in [5.74, 6) is 0.496. The molecule has 0 spiro atoms. The number of furan rings is 1. The summed E-state index contributed by atoms with van der Waals surface area (Å²) in [6, 6.07) is 11.3. The number of likely N-dealkylation sites (tertiary alicyclic amines) is 1. The van der Waals surface area contributed by atoms with E-state index in [1.807, 2.05) is 24.3 Å². The van der Waals surface area contributed by atoms with E-state index in [9.17, 15) is 13.2 Å². The van der Waals surface area contributed by atoms with E-state index in [-0.39, 0.29) is 11.7 Å². The lowest BCUT2D eigenvalue weighted by Gasteiger charge is -2.31. The minimum absolute atomic E-state index is 0.0673. The molecule has 0 aliphatic carbocycles. The van der Waals surface area contributed by atoms with Crippen LogP contribution in [0.15, 0.2) is 51.6 Å². The van der Waals surface area contributed by atoms with Crippen molar-refractivity contribution in [2.75, 3.05) is 13.1 Å². The largest absolute Gasteiger partial charge is 0.468 e. The number of amides is 1. The number of hydrogen-bond acceptors (Lipinski definition) is 4. The molecule has 2 heterocycles. The fourth-order valence-electron chi connectivity index (χ4n) is 3.24. The Morgan fingerprint density at radius 3 is 2.46 bits per heavy atom. The normalized spacial score (nSPS) is 16.0. The molecule has 7 heteroatoms. The first-order valence-electron chi connectivity index (χ1n) is 8.70. The van der Waals surface area contributed by atoms with Gasteiger partial charge in [0, 0.05) is 24.0 Å². The van der Waals surface area contributed by atoms with Crippen molar-refractivity contribution in [3.8, 4) is 0 Å². The summed E-state index contributed by atoms with van der Waals surface area (Å²) in [6.45, 7) is 1.00. The minimum atomic E-state index is -3.25. The van der Waals surface area contributed by atoms with Gasteiger partial charge in [0.25, 0.3) is 0 Å². The van der Waals surface area contributed by atoms with Gasteiger partial charge in [0.15, 0.2) is 9.84 Å². The third-order valence-electron chi connectivity index (χ3n) is 4.77. The van der Waals surface area contributed by atoms with E-state index in [1.54, 1.807) is 17.0 Å². The summed E-state index contributed by atoms with van der Waals surface area (Å²) in [7, 11) is -3.25. The van der Waals surface area contributed by atoms with Gasteiger partial charge in [0.1, 0.15) is 11.5 Å². The number of piperidine rings is 1. The molecule has 1 aliphatic heterocycles. The second-order valence-electron chi connectivity index (χ2n) is 6.59. The van der Waals surface area contributed by atoms with Gasteiger partial charge in [-0.15, -0.1) is 0 Å².